The van der Waals surface area contributed by atoms with Gasteiger partial charge in [0.05, 0.1) is 22.0 Å². The van der Waals surface area contributed by atoms with Gasteiger partial charge in [-0.3, -0.25) is 0 Å². The van der Waals surface area contributed by atoms with Crippen LogP contribution in [-0.4, -0.2) is 55.9 Å². The molecular formula is C23H32ClN5O3S. The zero-order valence-electron chi connectivity index (χ0n) is 19.5. The number of hydrogen-bond donors (Lipinski definition) is 2. The zero-order valence-corrected chi connectivity index (χ0v) is 21.1. The third kappa shape index (κ3) is 6.66. The van der Waals surface area contributed by atoms with E-state index >= 15 is 0 Å². The van der Waals surface area contributed by atoms with E-state index in [0.717, 1.165) is 4.88 Å². The second-order valence-electron chi connectivity index (χ2n) is 8.80. The van der Waals surface area contributed by atoms with Crippen molar-refractivity contribution in [3.63, 3.8) is 0 Å². The molecule has 0 spiro atoms. The Balaban J connectivity index is 0.000000257. The quantitative estimate of drug-likeness (QED) is 0.500. The third-order valence-electron chi connectivity index (χ3n) is 5.62. The highest BCUT2D eigenvalue weighted by atomic mass is 35.5. The molecule has 0 amide bonds. The number of likely N-dealkylation sites (tertiary alicyclic amines) is 1. The molecule has 3 N–H and O–H groups in total. The second-order valence-corrected chi connectivity index (χ2v) is 10.5. The lowest BCUT2D eigenvalue weighted by Crippen LogP contribution is -2.42. The predicted molar refractivity (Wildman–Crippen MR) is 131 cm³/mol. The van der Waals surface area contributed by atoms with E-state index in [1.54, 1.807) is 16.7 Å². The van der Waals surface area contributed by atoms with Gasteiger partial charge in [0.1, 0.15) is 17.2 Å². The Morgan fingerprint density at radius 3 is 2.55 bits per heavy atom. The van der Waals surface area contributed by atoms with Crippen LogP contribution in [0.25, 0.3) is 10.6 Å². The summed E-state index contributed by atoms with van der Waals surface area (Å²) in [5.41, 5.74) is 6.54. The van der Waals surface area contributed by atoms with Crippen LogP contribution in [0.3, 0.4) is 0 Å². The first-order chi connectivity index (χ1) is 15.7. The fraction of sp³-hybridized carbons (Fsp3) is 0.522. The van der Waals surface area contributed by atoms with E-state index in [1.165, 1.54) is 43.5 Å². The highest BCUT2D eigenvalue weighted by Gasteiger charge is 2.20. The summed E-state index contributed by atoms with van der Waals surface area (Å²) in [5.74, 6) is 0.398. The van der Waals surface area contributed by atoms with Gasteiger partial charge in [0, 0.05) is 24.1 Å². The van der Waals surface area contributed by atoms with Crippen LogP contribution >= 0.6 is 22.9 Å². The lowest BCUT2D eigenvalue weighted by Gasteiger charge is -2.32. The van der Waals surface area contributed by atoms with Gasteiger partial charge in [-0.25, -0.2) is 9.78 Å². The molecule has 1 aliphatic heterocycles. The average molecular weight is 494 g/mol. The normalized spacial score (nSPS) is 15.2. The van der Waals surface area contributed by atoms with Crippen molar-refractivity contribution in [2.75, 3.05) is 13.1 Å². The van der Waals surface area contributed by atoms with Crippen LogP contribution in [0.5, 0.6) is 0 Å². The number of halogens is 1. The molecule has 0 bridgehead atoms. The van der Waals surface area contributed by atoms with Gasteiger partial charge >= 0.3 is 5.97 Å². The Morgan fingerprint density at radius 1 is 1.30 bits per heavy atom. The zero-order chi connectivity index (χ0) is 24.1. The first kappa shape index (κ1) is 25.4. The van der Waals surface area contributed by atoms with Crippen LogP contribution in [0, 0.1) is 0 Å². The fourth-order valence-electron chi connectivity index (χ4n) is 3.73. The van der Waals surface area contributed by atoms with E-state index in [4.69, 9.17) is 21.9 Å². The number of thiophene rings is 1. The summed E-state index contributed by atoms with van der Waals surface area (Å²) in [5, 5.41) is 13.3. The van der Waals surface area contributed by atoms with E-state index in [0.29, 0.717) is 33.7 Å². The highest BCUT2D eigenvalue weighted by molar-refractivity contribution is 7.19. The second kappa shape index (κ2) is 11.3. The van der Waals surface area contributed by atoms with E-state index in [9.17, 15) is 9.90 Å². The SMILES string of the molecule is CC(C)N1CCC(N)CC1.CC(C)c1ncc(C(=O)O)n1Cc1cc(-c2ccc(Cl)s2)on1. The number of piperidine rings is 1. The van der Waals surface area contributed by atoms with Gasteiger partial charge in [-0.1, -0.05) is 30.6 Å². The van der Waals surface area contributed by atoms with Gasteiger partial charge in [0.15, 0.2) is 5.76 Å². The molecule has 33 heavy (non-hydrogen) atoms. The van der Waals surface area contributed by atoms with Crippen LogP contribution in [0.15, 0.2) is 28.9 Å². The number of carbonyl (C=O) groups is 1. The van der Waals surface area contributed by atoms with Gasteiger partial charge in [0.2, 0.25) is 0 Å². The van der Waals surface area contributed by atoms with Gasteiger partial charge in [0.25, 0.3) is 0 Å². The lowest BCUT2D eigenvalue weighted by atomic mass is 10.1. The average Bonchev–Trinajstić information content (AvgIpc) is 3.49. The summed E-state index contributed by atoms with van der Waals surface area (Å²) in [6.07, 6.45) is 3.73. The van der Waals surface area contributed by atoms with Crippen LogP contribution in [0.2, 0.25) is 4.34 Å². The van der Waals surface area contributed by atoms with Gasteiger partial charge in [-0.15, -0.1) is 11.3 Å². The van der Waals surface area contributed by atoms with Gasteiger partial charge in [-0.2, -0.15) is 0 Å². The van der Waals surface area contributed by atoms with Gasteiger partial charge in [-0.05, 0) is 51.9 Å². The van der Waals surface area contributed by atoms with Crippen molar-refractivity contribution >= 4 is 28.9 Å². The molecule has 0 aliphatic carbocycles. The van der Waals surface area contributed by atoms with Crippen molar-refractivity contribution < 1.29 is 14.4 Å². The molecule has 10 heteroatoms. The maximum Gasteiger partial charge on any atom is 0.354 e. The molecule has 4 rings (SSSR count). The van der Waals surface area contributed by atoms with Gasteiger partial charge < -0.3 is 24.8 Å². The molecule has 3 aromatic heterocycles. The minimum Gasteiger partial charge on any atom is -0.477 e. The van der Waals surface area contributed by atoms with E-state index in [-0.39, 0.29) is 18.2 Å². The summed E-state index contributed by atoms with van der Waals surface area (Å²) >= 11 is 7.32. The number of carboxylic acids is 1. The summed E-state index contributed by atoms with van der Waals surface area (Å²) in [6.45, 7) is 11.1. The van der Waals surface area contributed by atoms with E-state index < -0.39 is 5.97 Å². The molecule has 4 heterocycles. The minimum absolute atomic E-state index is 0.102. The summed E-state index contributed by atoms with van der Waals surface area (Å²) in [4.78, 5) is 18.9. The number of aromatic nitrogens is 3. The number of nitrogens with two attached hydrogens (primary N) is 1. The summed E-state index contributed by atoms with van der Waals surface area (Å²) < 4.78 is 7.65. The lowest BCUT2D eigenvalue weighted by molar-refractivity contribution is 0.0685. The standard InChI is InChI=1S/C15H14ClN3O3S.C8H18N2/c1-8(2)14-17-6-10(15(20)21)19(14)7-9-5-11(22-18-9)12-3-4-13(16)23-12;1-7(2)10-5-3-8(9)4-6-10/h3-6,8H,7H2,1-2H3,(H,20,21);7-8H,3-6,9H2,1-2H3. The number of carboxylic acid groups (broad SMARTS) is 1. The van der Waals surface area contributed by atoms with Crippen LogP contribution in [-0.2, 0) is 6.54 Å². The number of nitrogens with zero attached hydrogens (tertiary/aromatic N) is 4. The third-order valence-corrected chi connectivity index (χ3v) is 6.87. The van der Waals surface area contributed by atoms with Crippen molar-refractivity contribution in [3.05, 3.63) is 45.9 Å². The number of aromatic carboxylic acids is 1. The Hall–Kier alpha value is -2.20. The molecule has 8 nitrogen and oxygen atoms in total. The van der Waals surface area contributed by atoms with Crippen molar-refractivity contribution in [2.24, 2.45) is 5.73 Å². The molecule has 0 aromatic carbocycles. The molecule has 3 aromatic rings. The van der Waals surface area contributed by atoms with Crippen molar-refractivity contribution in [2.45, 2.75) is 65.1 Å². The summed E-state index contributed by atoms with van der Waals surface area (Å²) in [7, 11) is 0. The predicted octanol–water partition coefficient (Wildman–Crippen LogP) is 4.94. The maximum atomic E-state index is 11.4. The van der Waals surface area contributed by atoms with Crippen LogP contribution < -0.4 is 5.73 Å². The van der Waals surface area contributed by atoms with Crippen LogP contribution in [0.4, 0.5) is 0 Å². The Labute approximate surface area is 203 Å². The first-order valence-electron chi connectivity index (χ1n) is 11.1. The molecule has 0 saturated carbocycles. The molecule has 0 atom stereocenters. The monoisotopic (exact) mass is 493 g/mol. The topological polar surface area (TPSA) is 110 Å². The molecule has 1 fully saturated rings. The summed E-state index contributed by atoms with van der Waals surface area (Å²) in [6, 6.07) is 6.61. The van der Waals surface area contributed by atoms with E-state index in [2.05, 4.69) is 28.9 Å². The largest absolute Gasteiger partial charge is 0.477 e. The van der Waals surface area contributed by atoms with E-state index in [1.807, 2.05) is 19.9 Å². The van der Waals surface area contributed by atoms with Crippen molar-refractivity contribution in [1.29, 1.82) is 0 Å². The fourth-order valence-corrected chi connectivity index (χ4v) is 4.73. The van der Waals surface area contributed by atoms with Crippen LogP contribution in [0.1, 0.15) is 68.5 Å². The molecule has 0 unspecified atom stereocenters. The minimum atomic E-state index is -1.02. The molecule has 1 saturated heterocycles. The highest BCUT2D eigenvalue weighted by Crippen LogP contribution is 2.31. The maximum absolute atomic E-state index is 11.4. The van der Waals surface area contributed by atoms with Crippen molar-refractivity contribution in [3.8, 4) is 10.6 Å². The Bertz CT molecular complexity index is 1050. The Morgan fingerprint density at radius 2 is 2.00 bits per heavy atom. The number of rotatable bonds is 6. The molecule has 0 radical (unpaired) electrons. The van der Waals surface area contributed by atoms with Crippen molar-refractivity contribution in [1.82, 2.24) is 19.6 Å². The Kier molecular flexibility index (Phi) is 8.69. The molecule has 1 aliphatic rings. The molecular weight excluding hydrogens is 462 g/mol. The first-order valence-corrected chi connectivity index (χ1v) is 12.3. The smallest absolute Gasteiger partial charge is 0.354 e. The molecule has 180 valence electrons. The number of hydrogen-bond acceptors (Lipinski definition) is 7. The number of imidazole rings is 1.